The average Bonchev–Trinajstić information content (AvgIpc) is 2.69. The van der Waals surface area contributed by atoms with Crippen molar-refractivity contribution in [1.29, 1.82) is 0 Å². The number of anilines is 1. The maximum Gasteiger partial charge on any atom is 0.229 e. The van der Waals surface area contributed by atoms with Crippen molar-refractivity contribution < 1.29 is 4.79 Å². The molecule has 0 saturated carbocycles. The molecule has 0 unspecified atom stereocenters. The molecule has 1 aromatic heterocycles. The van der Waals surface area contributed by atoms with Gasteiger partial charge in [0.1, 0.15) is 0 Å². The van der Waals surface area contributed by atoms with Crippen molar-refractivity contribution in [2.24, 2.45) is 0 Å². The minimum absolute atomic E-state index is 0.0319. The summed E-state index contributed by atoms with van der Waals surface area (Å²) in [6.07, 6.45) is 0.420. The van der Waals surface area contributed by atoms with Crippen LogP contribution in [0.5, 0.6) is 0 Å². The number of carbonyl (C=O) groups excluding carboxylic acids is 1. The van der Waals surface area contributed by atoms with E-state index in [-0.39, 0.29) is 5.91 Å². The van der Waals surface area contributed by atoms with Crippen LogP contribution in [0.3, 0.4) is 0 Å². The Kier molecular flexibility index (Phi) is 4.42. The van der Waals surface area contributed by atoms with Gasteiger partial charge in [0.05, 0.1) is 10.2 Å². The molecule has 0 aliphatic carbocycles. The number of aryl methyl sites for hydroxylation is 3. The molecule has 1 aromatic carbocycles. The van der Waals surface area contributed by atoms with Gasteiger partial charge in [0, 0.05) is 10.6 Å². The molecule has 19 heavy (non-hydrogen) atoms. The summed E-state index contributed by atoms with van der Waals surface area (Å²) in [7, 11) is 0. The Morgan fingerprint density at radius 3 is 2.37 bits per heavy atom. The lowest BCUT2D eigenvalue weighted by atomic mass is 10.0. The van der Waals surface area contributed by atoms with Gasteiger partial charge >= 0.3 is 0 Å². The Morgan fingerprint density at radius 2 is 1.84 bits per heavy atom. The maximum atomic E-state index is 12.1. The quantitative estimate of drug-likeness (QED) is 0.869. The van der Waals surface area contributed by atoms with Gasteiger partial charge in [0.15, 0.2) is 0 Å². The number of hydrogen-bond acceptors (Lipinski definition) is 2. The first-order valence-corrected chi connectivity index (χ1v) is 7.68. The molecule has 2 aromatic rings. The zero-order valence-corrected chi connectivity index (χ0v) is 13.6. The molecule has 0 radical (unpaired) electrons. The molecule has 0 atom stereocenters. The number of carbonyl (C=O) groups is 1. The van der Waals surface area contributed by atoms with Crippen LogP contribution in [0, 0.1) is 20.8 Å². The standard InChI is InChI=1S/C15H16BrNOS/c1-9-6-10(2)15(11(3)7-9)17-14(18)8-12-4-5-13(16)19-12/h4-7H,8H2,1-3H3,(H,17,18). The van der Waals surface area contributed by atoms with E-state index in [0.29, 0.717) is 6.42 Å². The van der Waals surface area contributed by atoms with E-state index in [1.165, 1.54) is 5.56 Å². The lowest BCUT2D eigenvalue weighted by Crippen LogP contribution is -2.15. The zero-order valence-electron chi connectivity index (χ0n) is 11.2. The van der Waals surface area contributed by atoms with Gasteiger partial charge in [-0.1, -0.05) is 17.7 Å². The predicted molar refractivity (Wildman–Crippen MR) is 85.0 cm³/mol. The Labute approximate surface area is 126 Å². The Balaban J connectivity index is 2.11. The first-order valence-electron chi connectivity index (χ1n) is 6.07. The second kappa shape index (κ2) is 5.88. The van der Waals surface area contributed by atoms with E-state index in [9.17, 15) is 4.79 Å². The SMILES string of the molecule is Cc1cc(C)c(NC(=O)Cc2ccc(Br)s2)c(C)c1. The van der Waals surface area contributed by atoms with Gasteiger partial charge in [-0.3, -0.25) is 4.79 Å². The fraction of sp³-hybridized carbons (Fsp3) is 0.267. The highest BCUT2D eigenvalue weighted by Crippen LogP contribution is 2.24. The van der Waals surface area contributed by atoms with Crippen molar-refractivity contribution in [3.05, 3.63) is 49.6 Å². The highest BCUT2D eigenvalue weighted by molar-refractivity contribution is 9.11. The molecule has 2 nitrogen and oxygen atoms in total. The summed E-state index contributed by atoms with van der Waals surface area (Å²) in [6, 6.07) is 8.12. The number of halogens is 1. The van der Waals surface area contributed by atoms with E-state index in [4.69, 9.17) is 0 Å². The van der Waals surface area contributed by atoms with Crippen LogP contribution in [0.2, 0.25) is 0 Å². The Morgan fingerprint density at radius 1 is 1.21 bits per heavy atom. The third-order valence-electron chi connectivity index (χ3n) is 2.91. The molecule has 100 valence electrons. The molecule has 0 bridgehead atoms. The number of rotatable bonds is 3. The molecule has 0 saturated heterocycles. The van der Waals surface area contributed by atoms with Crippen LogP contribution in [0.4, 0.5) is 5.69 Å². The highest BCUT2D eigenvalue weighted by Gasteiger charge is 2.10. The summed E-state index contributed by atoms with van der Waals surface area (Å²) in [5.74, 6) is 0.0319. The molecule has 0 spiro atoms. The van der Waals surface area contributed by atoms with E-state index in [0.717, 1.165) is 25.5 Å². The summed E-state index contributed by atoms with van der Waals surface area (Å²) < 4.78 is 1.05. The molecule has 2 rings (SSSR count). The van der Waals surface area contributed by atoms with Crippen molar-refractivity contribution in [2.45, 2.75) is 27.2 Å². The predicted octanol–water partition coefficient (Wildman–Crippen LogP) is 4.62. The van der Waals surface area contributed by atoms with Gasteiger partial charge in [-0.05, 0) is 60.0 Å². The molecular weight excluding hydrogens is 322 g/mol. The topological polar surface area (TPSA) is 29.1 Å². The number of hydrogen-bond donors (Lipinski definition) is 1. The summed E-state index contributed by atoms with van der Waals surface area (Å²) in [6.45, 7) is 6.11. The summed E-state index contributed by atoms with van der Waals surface area (Å²) in [4.78, 5) is 13.1. The number of nitrogens with one attached hydrogen (secondary N) is 1. The zero-order chi connectivity index (χ0) is 14.0. The van der Waals surface area contributed by atoms with Crippen molar-refractivity contribution in [3.8, 4) is 0 Å². The van der Waals surface area contributed by atoms with Crippen molar-refractivity contribution in [3.63, 3.8) is 0 Å². The summed E-state index contributed by atoms with van der Waals surface area (Å²) in [5, 5.41) is 3.02. The third kappa shape index (κ3) is 3.67. The molecule has 0 aliphatic heterocycles. The van der Waals surface area contributed by atoms with Crippen LogP contribution < -0.4 is 5.32 Å². The largest absolute Gasteiger partial charge is 0.325 e. The minimum atomic E-state index is 0.0319. The van der Waals surface area contributed by atoms with Gasteiger partial charge in [-0.15, -0.1) is 11.3 Å². The van der Waals surface area contributed by atoms with Gasteiger partial charge in [0.25, 0.3) is 0 Å². The fourth-order valence-electron chi connectivity index (χ4n) is 2.17. The number of benzene rings is 1. The molecule has 1 heterocycles. The second-order valence-corrected chi connectivity index (χ2v) is 7.25. The van der Waals surface area contributed by atoms with Crippen molar-refractivity contribution in [1.82, 2.24) is 0 Å². The minimum Gasteiger partial charge on any atom is -0.325 e. The Hall–Kier alpha value is -1.13. The fourth-order valence-corrected chi connectivity index (χ4v) is 3.65. The molecule has 1 N–H and O–H groups in total. The molecule has 4 heteroatoms. The molecule has 0 fully saturated rings. The lowest BCUT2D eigenvalue weighted by molar-refractivity contribution is -0.115. The first kappa shape index (κ1) is 14.3. The maximum absolute atomic E-state index is 12.1. The number of amides is 1. The van der Waals surface area contributed by atoms with Crippen LogP contribution in [0.25, 0.3) is 0 Å². The van der Waals surface area contributed by atoms with E-state index in [1.54, 1.807) is 11.3 Å². The van der Waals surface area contributed by atoms with Crippen molar-refractivity contribution >= 4 is 38.9 Å². The van der Waals surface area contributed by atoms with Crippen molar-refractivity contribution in [2.75, 3.05) is 5.32 Å². The van der Waals surface area contributed by atoms with Gasteiger partial charge < -0.3 is 5.32 Å². The van der Waals surface area contributed by atoms with E-state index in [2.05, 4.69) is 40.3 Å². The van der Waals surface area contributed by atoms with E-state index < -0.39 is 0 Å². The summed E-state index contributed by atoms with van der Waals surface area (Å²) in [5.41, 5.74) is 4.37. The smallest absolute Gasteiger partial charge is 0.229 e. The normalized spacial score (nSPS) is 10.5. The number of thiophene rings is 1. The van der Waals surface area contributed by atoms with Crippen LogP contribution in [-0.4, -0.2) is 5.91 Å². The third-order valence-corrected chi connectivity index (χ3v) is 4.53. The van der Waals surface area contributed by atoms with Crippen LogP contribution >= 0.6 is 27.3 Å². The molecular formula is C15H16BrNOS. The summed E-state index contributed by atoms with van der Waals surface area (Å²) >= 11 is 5.00. The second-order valence-electron chi connectivity index (χ2n) is 4.70. The molecule has 0 aliphatic rings. The average molecular weight is 338 g/mol. The van der Waals surface area contributed by atoms with Crippen LogP contribution in [0.15, 0.2) is 28.1 Å². The first-order chi connectivity index (χ1) is 8.95. The molecule has 1 amide bonds. The highest BCUT2D eigenvalue weighted by atomic mass is 79.9. The van der Waals surface area contributed by atoms with Gasteiger partial charge in [-0.25, -0.2) is 0 Å². The van der Waals surface area contributed by atoms with Gasteiger partial charge in [0.2, 0.25) is 5.91 Å². The van der Waals surface area contributed by atoms with Crippen LogP contribution in [0.1, 0.15) is 21.6 Å². The van der Waals surface area contributed by atoms with Gasteiger partial charge in [-0.2, -0.15) is 0 Å². The van der Waals surface area contributed by atoms with E-state index in [1.807, 2.05) is 26.0 Å². The lowest BCUT2D eigenvalue weighted by Gasteiger charge is -2.12. The monoisotopic (exact) mass is 337 g/mol. The van der Waals surface area contributed by atoms with Crippen LogP contribution in [-0.2, 0) is 11.2 Å². The Bertz CT molecular complexity index is 595. The van der Waals surface area contributed by atoms with E-state index >= 15 is 0 Å².